The van der Waals surface area contributed by atoms with Gasteiger partial charge in [0.05, 0.1) is 0 Å². The first-order valence-corrected chi connectivity index (χ1v) is 11.3. The standard InChI is InChI=1S/C22H31NO.C4H6O6/c1-16(2)23(17(3)4)14-13-20(19-9-7-6-8-10-19)21-15-18(5)11-12-22(21)24;5-1(3(7)8)2(6)4(9)10/h6-12,15-17,20,24H,13-14H2,1-5H3;1-2,5-6H,(H,7,8)(H,9,10)/t20-;1-,2-/m10/s1. The van der Waals surface area contributed by atoms with E-state index in [-0.39, 0.29) is 5.92 Å². The quantitative estimate of drug-likeness (QED) is 0.353. The Labute approximate surface area is 201 Å². The monoisotopic (exact) mass is 475 g/mol. The fourth-order valence-electron chi connectivity index (χ4n) is 3.80. The van der Waals surface area contributed by atoms with E-state index in [4.69, 9.17) is 20.4 Å². The summed E-state index contributed by atoms with van der Waals surface area (Å²) in [6.45, 7) is 12.1. The van der Waals surface area contributed by atoms with Crippen molar-refractivity contribution in [1.82, 2.24) is 4.90 Å². The molecule has 0 heterocycles. The Morgan fingerprint density at radius 2 is 1.35 bits per heavy atom. The summed E-state index contributed by atoms with van der Waals surface area (Å²) in [6, 6.07) is 17.5. The lowest BCUT2D eigenvalue weighted by Gasteiger charge is -2.32. The normalized spacial score (nSPS) is 13.8. The zero-order valence-electron chi connectivity index (χ0n) is 20.4. The lowest BCUT2D eigenvalue weighted by atomic mass is 9.87. The fraction of sp³-hybridized carbons (Fsp3) is 0.462. The summed E-state index contributed by atoms with van der Waals surface area (Å²) >= 11 is 0. The smallest absolute Gasteiger partial charge is 0.335 e. The van der Waals surface area contributed by atoms with Crippen LogP contribution in [0.25, 0.3) is 0 Å². The number of aliphatic carboxylic acids is 2. The molecule has 2 aromatic rings. The molecular weight excluding hydrogens is 438 g/mol. The molecule has 3 atom stereocenters. The highest BCUT2D eigenvalue weighted by Gasteiger charge is 2.29. The van der Waals surface area contributed by atoms with Gasteiger partial charge in [0.25, 0.3) is 0 Å². The molecule has 2 aromatic carbocycles. The number of rotatable bonds is 10. The van der Waals surface area contributed by atoms with Gasteiger partial charge >= 0.3 is 11.9 Å². The number of benzene rings is 2. The number of aliphatic hydroxyl groups is 2. The minimum atomic E-state index is -2.27. The van der Waals surface area contributed by atoms with Crippen LogP contribution >= 0.6 is 0 Å². The van der Waals surface area contributed by atoms with Crippen LogP contribution < -0.4 is 0 Å². The number of aliphatic hydroxyl groups excluding tert-OH is 2. The molecule has 0 radical (unpaired) electrons. The van der Waals surface area contributed by atoms with Gasteiger partial charge < -0.3 is 25.5 Å². The Kier molecular flexibility index (Phi) is 11.7. The van der Waals surface area contributed by atoms with Gasteiger partial charge in [-0.15, -0.1) is 0 Å². The first kappa shape index (κ1) is 29.1. The average Bonchev–Trinajstić information content (AvgIpc) is 2.78. The van der Waals surface area contributed by atoms with Crippen LogP contribution in [0.1, 0.15) is 56.7 Å². The van der Waals surface area contributed by atoms with E-state index in [9.17, 15) is 14.7 Å². The van der Waals surface area contributed by atoms with E-state index >= 15 is 0 Å². The molecule has 0 saturated heterocycles. The highest BCUT2D eigenvalue weighted by Crippen LogP contribution is 2.35. The number of phenolic OH excluding ortho intramolecular Hbond substituents is 1. The average molecular weight is 476 g/mol. The molecule has 8 heteroatoms. The van der Waals surface area contributed by atoms with E-state index in [1.165, 1.54) is 11.1 Å². The molecule has 0 fully saturated rings. The summed E-state index contributed by atoms with van der Waals surface area (Å²) in [5.41, 5.74) is 3.49. The van der Waals surface area contributed by atoms with Gasteiger partial charge in [0, 0.05) is 23.6 Å². The van der Waals surface area contributed by atoms with Crippen LogP contribution in [0, 0.1) is 6.92 Å². The molecule has 2 rings (SSSR count). The Hall–Kier alpha value is -2.94. The van der Waals surface area contributed by atoms with Gasteiger partial charge in [0.15, 0.2) is 12.2 Å². The largest absolute Gasteiger partial charge is 0.508 e. The number of nitrogens with zero attached hydrogens (tertiary/aromatic N) is 1. The van der Waals surface area contributed by atoms with Gasteiger partial charge in [0.1, 0.15) is 5.75 Å². The predicted molar refractivity (Wildman–Crippen MR) is 130 cm³/mol. The van der Waals surface area contributed by atoms with Crippen LogP contribution in [0.3, 0.4) is 0 Å². The molecular formula is C26H37NO7. The second-order valence-electron chi connectivity index (χ2n) is 8.81. The van der Waals surface area contributed by atoms with Crippen LogP contribution in [0.5, 0.6) is 5.75 Å². The zero-order valence-corrected chi connectivity index (χ0v) is 20.4. The summed E-state index contributed by atoms with van der Waals surface area (Å²) in [6.07, 6.45) is -3.54. The van der Waals surface area contributed by atoms with Crippen LogP contribution in [-0.4, -0.2) is 73.2 Å². The van der Waals surface area contributed by atoms with Crippen LogP contribution in [0.2, 0.25) is 0 Å². The molecule has 8 nitrogen and oxygen atoms in total. The Morgan fingerprint density at radius 1 is 0.853 bits per heavy atom. The minimum Gasteiger partial charge on any atom is -0.508 e. The maximum atomic E-state index is 10.4. The first-order valence-electron chi connectivity index (χ1n) is 11.3. The molecule has 0 aliphatic carbocycles. The number of carboxylic acids is 2. The van der Waals surface area contributed by atoms with Gasteiger partial charge in [-0.3, -0.25) is 4.90 Å². The SMILES string of the molecule is Cc1ccc(O)c([C@H](CCN(C(C)C)C(C)C)c2ccccc2)c1.O=C(O)[C@@H](O)[C@H](O)C(=O)O. The molecule has 0 aliphatic rings. The molecule has 0 aliphatic heterocycles. The number of aromatic hydroxyl groups is 1. The molecule has 0 saturated carbocycles. The van der Waals surface area contributed by atoms with E-state index in [2.05, 4.69) is 69.9 Å². The van der Waals surface area contributed by atoms with E-state index < -0.39 is 24.1 Å². The van der Waals surface area contributed by atoms with Crippen molar-refractivity contribution in [3.63, 3.8) is 0 Å². The number of carbonyl (C=O) groups is 2. The number of aryl methyl sites for hydroxylation is 1. The number of hydrogen-bond donors (Lipinski definition) is 5. The van der Waals surface area contributed by atoms with E-state index in [1.54, 1.807) is 0 Å². The van der Waals surface area contributed by atoms with Crippen molar-refractivity contribution in [3.8, 4) is 5.75 Å². The molecule has 34 heavy (non-hydrogen) atoms. The predicted octanol–water partition coefficient (Wildman–Crippen LogP) is 3.22. The zero-order chi connectivity index (χ0) is 26.0. The Morgan fingerprint density at radius 3 is 1.79 bits per heavy atom. The molecule has 188 valence electrons. The number of phenols is 1. The van der Waals surface area contributed by atoms with E-state index in [1.807, 2.05) is 18.2 Å². The van der Waals surface area contributed by atoms with Crippen molar-refractivity contribution in [3.05, 3.63) is 65.2 Å². The van der Waals surface area contributed by atoms with E-state index in [0.717, 1.165) is 18.5 Å². The van der Waals surface area contributed by atoms with Crippen molar-refractivity contribution < 1.29 is 35.1 Å². The summed E-state index contributed by atoms with van der Waals surface area (Å²) in [4.78, 5) is 22.1. The highest BCUT2D eigenvalue weighted by atomic mass is 16.4. The maximum Gasteiger partial charge on any atom is 0.335 e. The van der Waals surface area contributed by atoms with Crippen LogP contribution in [0.4, 0.5) is 0 Å². The molecule has 0 spiro atoms. The van der Waals surface area contributed by atoms with Gasteiger partial charge in [-0.2, -0.15) is 0 Å². The number of hydrogen-bond acceptors (Lipinski definition) is 6. The van der Waals surface area contributed by atoms with Crippen molar-refractivity contribution in [2.24, 2.45) is 0 Å². The van der Waals surface area contributed by atoms with Gasteiger partial charge in [0.2, 0.25) is 0 Å². The minimum absolute atomic E-state index is 0.214. The molecule has 0 aromatic heterocycles. The molecule has 5 N–H and O–H groups in total. The topological polar surface area (TPSA) is 139 Å². The highest BCUT2D eigenvalue weighted by molar-refractivity contribution is 5.83. The third-order valence-corrected chi connectivity index (χ3v) is 5.57. The van der Waals surface area contributed by atoms with Crippen LogP contribution in [0.15, 0.2) is 48.5 Å². The summed E-state index contributed by atoms with van der Waals surface area (Å²) < 4.78 is 0. The molecule has 0 amide bonds. The third kappa shape index (κ3) is 8.78. The van der Waals surface area contributed by atoms with Crippen molar-refractivity contribution >= 4 is 11.9 Å². The fourth-order valence-corrected chi connectivity index (χ4v) is 3.80. The Balaban J connectivity index is 0.000000489. The lowest BCUT2D eigenvalue weighted by Crippen LogP contribution is -2.39. The second kappa shape index (κ2) is 13.7. The lowest BCUT2D eigenvalue weighted by molar-refractivity contribution is -0.165. The third-order valence-electron chi connectivity index (χ3n) is 5.57. The maximum absolute atomic E-state index is 10.4. The van der Waals surface area contributed by atoms with Crippen molar-refractivity contribution in [1.29, 1.82) is 0 Å². The summed E-state index contributed by atoms with van der Waals surface area (Å²) in [5.74, 6) is -2.93. The Bertz CT molecular complexity index is 889. The number of carboxylic acid groups (broad SMARTS) is 2. The van der Waals surface area contributed by atoms with Gasteiger partial charge in [-0.1, -0.05) is 48.0 Å². The molecule has 0 unspecified atom stereocenters. The molecule has 0 bridgehead atoms. The van der Waals surface area contributed by atoms with Gasteiger partial charge in [-0.05, 0) is 59.2 Å². The summed E-state index contributed by atoms with van der Waals surface area (Å²) in [5, 5.41) is 43.0. The second-order valence-corrected chi connectivity index (χ2v) is 8.81. The first-order chi connectivity index (χ1) is 15.9. The van der Waals surface area contributed by atoms with Crippen molar-refractivity contribution in [2.45, 2.75) is 71.2 Å². The van der Waals surface area contributed by atoms with Gasteiger partial charge in [-0.25, -0.2) is 9.59 Å². The van der Waals surface area contributed by atoms with Crippen molar-refractivity contribution in [2.75, 3.05) is 6.54 Å². The van der Waals surface area contributed by atoms with E-state index in [0.29, 0.717) is 17.8 Å². The van der Waals surface area contributed by atoms with Crippen LogP contribution in [-0.2, 0) is 9.59 Å². The summed E-state index contributed by atoms with van der Waals surface area (Å²) in [7, 11) is 0.